The molecule has 1 fully saturated rings. The Bertz CT molecular complexity index is 1050. The molecule has 0 saturated carbocycles. The Balaban J connectivity index is 1.46. The summed E-state index contributed by atoms with van der Waals surface area (Å²) in [5.41, 5.74) is -1.21. The van der Waals surface area contributed by atoms with Crippen molar-refractivity contribution >= 4 is 16.0 Å². The van der Waals surface area contributed by atoms with Crippen molar-refractivity contribution in [2.45, 2.75) is 30.3 Å². The molecule has 1 aliphatic rings. The molecule has 0 amide bonds. The number of carbonyl (C=O) groups excluding carboxylic acids is 1. The molecule has 0 spiro atoms. The normalized spacial score (nSPS) is 15.9. The van der Waals surface area contributed by atoms with E-state index in [0.29, 0.717) is 12.2 Å². The molecule has 0 atom stereocenters. The molecule has 0 aromatic heterocycles. The summed E-state index contributed by atoms with van der Waals surface area (Å²) >= 11 is 0. The molecule has 1 aliphatic heterocycles. The summed E-state index contributed by atoms with van der Waals surface area (Å²) in [7, 11) is -4.36. The lowest BCUT2D eigenvalue weighted by Crippen LogP contribution is -2.41. The van der Waals surface area contributed by atoms with E-state index in [0.717, 1.165) is 22.5 Å². The minimum Gasteiger partial charge on any atom is -0.493 e. The van der Waals surface area contributed by atoms with Gasteiger partial charge in [-0.3, -0.25) is 4.79 Å². The summed E-state index contributed by atoms with van der Waals surface area (Å²) in [4.78, 5) is 11.5. The van der Waals surface area contributed by atoms with Crippen molar-refractivity contribution in [2.75, 3.05) is 26.3 Å². The van der Waals surface area contributed by atoms with Crippen LogP contribution in [0.25, 0.3) is 0 Å². The van der Waals surface area contributed by atoms with E-state index in [2.05, 4.69) is 0 Å². The Kier molecular flexibility index (Phi) is 7.96. The smallest absolute Gasteiger partial charge is 0.417 e. The van der Waals surface area contributed by atoms with Crippen molar-refractivity contribution in [2.24, 2.45) is 5.92 Å². The topological polar surface area (TPSA) is 72.9 Å². The highest BCUT2D eigenvalue weighted by molar-refractivity contribution is 7.89. The number of alkyl halides is 3. The Hall–Kier alpha value is -2.66. The summed E-state index contributed by atoms with van der Waals surface area (Å²) in [6.45, 7) is 0.190. The van der Waals surface area contributed by atoms with Gasteiger partial charge in [-0.05, 0) is 49.2 Å². The number of ether oxygens (including phenoxy) is 2. The van der Waals surface area contributed by atoms with Gasteiger partial charge in [-0.25, -0.2) is 12.8 Å². The lowest BCUT2D eigenvalue weighted by atomic mass is 9.98. The van der Waals surface area contributed by atoms with Crippen LogP contribution in [-0.4, -0.2) is 45.0 Å². The second-order valence-corrected chi connectivity index (χ2v) is 9.40. The van der Waals surface area contributed by atoms with Crippen LogP contribution < -0.4 is 4.74 Å². The largest absolute Gasteiger partial charge is 0.493 e. The molecule has 2 aromatic carbocycles. The predicted octanol–water partition coefficient (Wildman–Crippen LogP) is 4.26. The molecule has 180 valence electrons. The van der Waals surface area contributed by atoms with Crippen LogP contribution >= 0.6 is 0 Å². The van der Waals surface area contributed by atoms with Crippen LogP contribution in [0.2, 0.25) is 0 Å². The molecular formula is C22H23F4NO5S. The van der Waals surface area contributed by atoms with Gasteiger partial charge in [0, 0.05) is 19.5 Å². The number of rotatable bonds is 8. The first-order valence-electron chi connectivity index (χ1n) is 10.3. The van der Waals surface area contributed by atoms with Crippen LogP contribution in [0.3, 0.4) is 0 Å². The van der Waals surface area contributed by atoms with Crippen molar-refractivity contribution in [3.8, 4) is 5.75 Å². The number of hydrogen-bond donors (Lipinski definition) is 0. The van der Waals surface area contributed by atoms with Crippen molar-refractivity contribution in [1.82, 2.24) is 4.31 Å². The molecule has 1 heterocycles. The standard InChI is InChI=1S/C22H23F4NO5S/c23-17-6-8-18(9-7-17)31-14-3-15-32-21(28)16-10-12-27(13-11-16)33(29,30)20-5-2-1-4-19(20)22(24,25)26/h1-2,4-9,16H,3,10-15H2. The van der Waals surface area contributed by atoms with Crippen LogP contribution in [0, 0.1) is 11.7 Å². The summed E-state index contributed by atoms with van der Waals surface area (Å²) in [5.74, 6) is -0.903. The molecular weight excluding hydrogens is 466 g/mol. The summed E-state index contributed by atoms with van der Waals surface area (Å²) in [5, 5.41) is 0. The van der Waals surface area contributed by atoms with Crippen molar-refractivity contribution in [3.63, 3.8) is 0 Å². The van der Waals surface area contributed by atoms with E-state index in [1.807, 2.05) is 0 Å². The van der Waals surface area contributed by atoms with E-state index in [-0.39, 0.29) is 45.0 Å². The second-order valence-electron chi connectivity index (χ2n) is 7.50. The van der Waals surface area contributed by atoms with E-state index >= 15 is 0 Å². The zero-order valence-electron chi connectivity index (χ0n) is 17.6. The van der Waals surface area contributed by atoms with E-state index in [4.69, 9.17) is 9.47 Å². The monoisotopic (exact) mass is 489 g/mol. The highest BCUT2D eigenvalue weighted by Gasteiger charge is 2.40. The van der Waals surface area contributed by atoms with Gasteiger partial charge in [0.05, 0.1) is 29.6 Å². The van der Waals surface area contributed by atoms with Gasteiger partial charge >= 0.3 is 12.1 Å². The minimum atomic E-state index is -4.80. The fourth-order valence-electron chi connectivity index (χ4n) is 3.47. The predicted molar refractivity (Wildman–Crippen MR) is 110 cm³/mol. The Morgan fingerprint density at radius 2 is 1.64 bits per heavy atom. The maximum atomic E-state index is 13.2. The molecule has 1 saturated heterocycles. The van der Waals surface area contributed by atoms with E-state index < -0.39 is 38.5 Å². The maximum Gasteiger partial charge on any atom is 0.417 e. The van der Waals surface area contributed by atoms with Crippen molar-refractivity contribution in [1.29, 1.82) is 0 Å². The van der Waals surface area contributed by atoms with E-state index in [9.17, 15) is 30.8 Å². The summed E-state index contributed by atoms with van der Waals surface area (Å²) < 4.78 is 89.7. The Labute approximate surface area is 189 Å². The zero-order valence-corrected chi connectivity index (χ0v) is 18.4. The average molecular weight is 489 g/mol. The highest BCUT2D eigenvalue weighted by atomic mass is 32.2. The summed E-state index contributed by atoms with van der Waals surface area (Å²) in [6.07, 6.45) is -4.09. The number of halogens is 4. The molecule has 6 nitrogen and oxygen atoms in total. The molecule has 2 aromatic rings. The quantitative estimate of drug-likeness (QED) is 0.315. The van der Waals surface area contributed by atoms with Crippen molar-refractivity contribution in [3.05, 3.63) is 59.9 Å². The first kappa shape index (κ1) is 25.0. The lowest BCUT2D eigenvalue weighted by Gasteiger charge is -2.30. The second kappa shape index (κ2) is 10.5. The van der Waals surface area contributed by atoms with Crippen LogP contribution in [0.4, 0.5) is 17.6 Å². The SMILES string of the molecule is O=C(OCCCOc1ccc(F)cc1)C1CCN(S(=O)(=O)c2ccccc2C(F)(F)F)CC1. The van der Waals surface area contributed by atoms with Gasteiger partial charge in [0.25, 0.3) is 0 Å². The van der Waals surface area contributed by atoms with Gasteiger partial charge in [0.1, 0.15) is 11.6 Å². The van der Waals surface area contributed by atoms with E-state index in [1.54, 1.807) is 0 Å². The Morgan fingerprint density at radius 1 is 1.00 bits per heavy atom. The molecule has 33 heavy (non-hydrogen) atoms. The number of hydrogen-bond acceptors (Lipinski definition) is 5. The molecule has 11 heteroatoms. The van der Waals surface area contributed by atoms with E-state index in [1.165, 1.54) is 30.3 Å². The van der Waals surface area contributed by atoms with Gasteiger partial charge in [-0.15, -0.1) is 0 Å². The molecule has 0 radical (unpaired) electrons. The van der Waals surface area contributed by atoms with Crippen LogP contribution in [-0.2, 0) is 25.7 Å². The first-order chi connectivity index (χ1) is 15.6. The number of esters is 1. The fraction of sp³-hybridized carbons (Fsp3) is 0.409. The van der Waals surface area contributed by atoms with Gasteiger partial charge in [-0.2, -0.15) is 17.5 Å². The number of sulfonamides is 1. The third kappa shape index (κ3) is 6.44. The van der Waals surface area contributed by atoms with Gasteiger partial charge < -0.3 is 9.47 Å². The Morgan fingerprint density at radius 3 is 2.27 bits per heavy atom. The summed E-state index contributed by atoms with van der Waals surface area (Å²) in [6, 6.07) is 9.55. The highest BCUT2D eigenvalue weighted by Crippen LogP contribution is 2.36. The zero-order chi connectivity index (χ0) is 24.1. The number of piperidine rings is 1. The minimum absolute atomic E-state index is 0.0814. The van der Waals surface area contributed by atoms with Crippen LogP contribution in [0.15, 0.2) is 53.4 Å². The molecule has 0 unspecified atom stereocenters. The third-order valence-electron chi connectivity index (χ3n) is 5.21. The molecule has 0 bridgehead atoms. The van der Waals surface area contributed by atoms with Gasteiger partial charge in [-0.1, -0.05) is 12.1 Å². The fourth-order valence-corrected chi connectivity index (χ4v) is 5.15. The van der Waals surface area contributed by atoms with Crippen LogP contribution in [0.5, 0.6) is 5.75 Å². The maximum absolute atomic E-state index is 13.2. The first-order valence-corrected chi connectivity index (χ1v) is 11.7. The third-order valence-corrected chi connectivity index (χ3v) is 7.17. The molecule has 0 aliphatic carbocycles. The number of carbonyl (C=O) groups is 1. The van der Waals surface area contributed by atoms with Crippen LogP contribution in [0.1, 0.15) is 24.8 Å². The number of nitrogens with zero attached hydrogens (tertiary/aromatic N) is 1. The average Bonchev–Trinajstić information content (AvgIpc) is 2.79. The van der Waals surface area contributed by atoms with Gasteiger partial charge in [0.15, 0.2) is 0 Å². The molecule has 0 N–H and O–H groups in total. The van der Waals surface area contributed by atoms with Crippen molar-refractivity contribution < 1.29 is 40.2 Å². The van der Waals surface area contributed by atoms with Gasteiger partial charge in [0.2, 0.25) is 10.0 Å². The molecule has 3 rings (SSSR count). The number of benzene rings is 2. The lowest BCUT2D eigenvalue weighted by molar-refractivity contribution is -0.150.